The molecule has 0 radical (unpaired) electrons. The van der Waals surface area contributed by atoms with Crippen LogP contribution in [0.5, 0.6) is 5.75 Å². The smallest absolute Gasteiger partial charge is 0.233 e. The van der Waals surface area contributed by atoms with E-state index in [9.17, 15) is 14.4 Å². The molecule has 0 aromatic heterocycles. The highest BCUT2D eigenvalue weighted by molar-refractivity contribution is 6.05. The summed E-state index contributed by atoms with van der Waals surface area (Å²) in [7, 11) is 1.55. The van der Waals surface area contributed by atoms with Crippen LogP contribution in [-0.2, 0) is 14.4 Å². The molecule has 0 bridgehead atoms. The van der Waals surface area contributed by atoms with Crippen molar-refractivity contribution in [3.05, 3.63) is 35.9 Å². The van der Waals surface area contributed by atoms with E-state index in [-0.39, 0.29) is 36.0 Å². The van der Waals surface area contributed by atoms with Gasteiger partial charge in [0.25, 0.3) is 0 Å². The molecule has 0 unspecified atom stereocenters. The Kier molecular flexibility index (Phi) is 5.40. The third-order valence-electron chi connectivity index (χ3n) is 5.01. The number of nitrogens with zero attached hydrogens (tertiary/aromatic N) is 1. The van der Waals surface area contributed by atoms with Crippen LogP contribution in [0.3, 0.4) is 0 Å². The molecule has 0 spiro atoms. The number of rotatable bonds is 6. The summed E-state index contributed by atoms with van der Waals surface area (Å²) >= 11 is 0. The van der Waals surface area contributed by atoms with Crippen molar-refractivity contribution in [2.45, 2.75) is 32.6 Å². The number of hydrogen-bond donors (Lipinski definition) is 1. The van der Waals surface area contributed by atoms with E-state index in [2.05, 4.69) is 5.32 Å². The van der Waals surface area contributed by atoms with Crippen molar-refractivity contribution in [3.8, 4) is 5.75 Å². The van der Waals surface area contributed by atoms with E-state index >= 15 is 0 Å². The van der Waals surface area contributed by atoms with E-state index in [4.69, 9.17) is 4.74 Å². The Morgan fingerprint density at radius 3 is 2.46 bits per heavy atom. The molecular weight excluding hydrogens is 332 g/mol. The average Bonchev–Trinajstić information content (AvgIpc) is 2.87. The quantitative estimate of drug-likeness (QED) is 0.628. The number of carbonyl (C=O) groups is 3. The standard InChI is InChI=1S/C20H24N2O4/c1-13-9-10-17(26-2)16(12-13)21-18(23)8-5-11-22-19(24)14-6-3-4-7-15(14)20(22)25/h3-4,9-10,12,14-15H,5-8,11H2,1-2H3,(H,21,23)/t14-,15-/m0/s1. The zero-order valence-electron chi connectivity index (χ0n) is 15.2. The molecule has 1 N–H and O–H groups in total. The Morgan fingerprint density at radius 2 is 1.85 bits per heavy atom. The van der Waals surface area contributed by atoms with Gasteiger partial charge in [-0.15, -0.1) is 0 Å². The molecule has 1 heterocycles. The van der Waals surface area contributed by atoms with E-state index in [0.717, 1.165) is 5.56 Å². The molecule has 3 rings (SSSR count). The second-order valence-corrected chi connectivity index (χ2v) is 6.84. The number of likely N-dealkylation sites (tertiary alicyclic amines) is 1. The van der Waals surface area contributed by atoms with Crippen molar-refractivity contribution in [2.24, 2.45) is 11.8 Å². The zero-order chi connectivity index (χ0) is 18.7. The minimum Gasteiger partial charge on any atom is -0.495 e. The predicted octanol–water partition coefficient (Wildman–Crippen LogP) is 2.67. The highest BCUT2D eigenvalue weighted by Gasteiger charge is 2.46. The maximum absolute atomic E-state index is 12.4. The van der Waals surface area contributed by atoms with E-state index in [1.807, 2.05) is 37.3 Å². The number of methoxy groups -OCH3 is 1. The fourth-order valence-electron chi connectivity index (χ4n) is 3.62. The molecule has 6 heteroatoms. The van der Waals surface area contributed by atoms with Gasteiger partial charge in [0, 0.05) is 13.0 Å². The lowest BCUT2D eigenvalue weighted by Crippen LogP contribution is -2.32. The summed E-state index contributed by atoms with van der Waals surface area (Å²) in [6.45, 7) is 2.23. The molecule has 1 aromatic carbocycles. The van der Waals surface area contributed by atoms with E-state index in [1.54, 1.807) is 7.11 Å². The summed E-state index contributed by atoms with van der Waals surface area (Å²) in [5.41, 5.74) is 1.65. The van der Waals surface area contributed by atoms with Gasteiger partial charge < -0.3 is 10.1 Å². The van der Waals surface area contributed by atoms with Gasteiger partial charge in [0.1, 0.15) is 5.75 Å². The lowest BCUT2D eigenvalue weighted by molar-refractivity contribution is -0.140. The molecule has 138 valence electrons. The van der Waals surface area contributed by atoms with Gasteiger partial charge >= 0.3 is 0 Å². The van der Waals surface area contributed by atoms with Crippen molar-refractivity contribution < 1.29 is 19.1 Å². The van der Waals surface area contributed by atoms with Crippen LogP contribution in [0.15, 0.2) is 30.4 Å². The lowest BCUT2D eigenvalue weighted by Gasteiger charge is -2.15. The molecule has 1 fully saturated rings. The summed E-state index contributed by atoms with van der Waals surface area (Å²) in [5.74, 6) is -0.163. The van der Waals surface area contributed by atoms with Crippen LogP contribution in [0.1, 0.15) is 31.2 Å². The van der Waals surface area contributed by atoms with Crippen molar-refractivity contribution in [3.63, 3.8) is 0 Å². The molecule has 3 amide bonds. The number of nitrogens with one attached hydrogen (secondary N) is 1. The van der Waals surface area contributed by atoms with Crippen molar-refractivity contribution in [1.82, 2.24) is 4.90 Å². The van der Waals surface area contributed by atoms with Crippen LogP contribution in [0.25, 0.3) is 0 Å². The van der Waals surface area contributed by atoms with Crippen LogP contribution in [0.2, 0.25) is 0 Å². The van der Waals surface area contributed by atoms with Gasteiger partial charge in [0.2, 0.25) is 17.7 Å². The first-order valence-electron chi connectivity index (χ1n) is 8.96. The normalized spacial score (nSPS) is 21.7. The van der Waals surface area contributed by atoms with E-state index in [1.165, 1.54) is 4.90 Å². The third-order valence-corrected chi connectivity index (χ3v) is 5.01. The summed E-state index contributed by atoms with van der Waals surface area (Å²) in [6, 6.07) is 5.57. The fraction of sp³-hybridized carbons (Fsp3) is 0.450. The molecule has 1 aliphatic carbocycles. The number of allylic oxidation sites excluding steroid dienone is 2. The topological polar surface area (TPSA) is 75.7 Å². The molecule has 1 aliphatic heterocycles. The first-order chi connectivity index (χ1) is 12.5. The molecule has 26 heavy (non-hydrogen) atoms. The molecule has 0 saturated carbocycles. The molecule has 1 saturated heterocycles. The van der Waals surface area contributed by atoms with Crippen LogP contribution in [0.4, 0.5) is 5.69 Å². The van der Waals surface area contributed by atoms with Gasteiger partial charge in [-0.3, -0.25) is 19.3 Å². The zero-order valence-corrected chi connectivity index (χ0v) is 15.2. The number of carbonyl (C=O) groups excluding carboxylic acids is 3. The maximum atomic E-state index is 12.4. The number of anilines is 1. The number of ether oxygens (including phenoxy) is 1. The van der Waals surface area contributed by atoms with Crippen LogP contribution in [-0.4, -0.2) is 36.3 Å². The Balaban J connectivity index is 1.52. The van der Waals surface area contributed by atoms with Crippen LogP contribution >= 0.6 is 0 Å². The highest BCUT2D eigenvalue weighted by atomic mass is 16.5. The monoisotopic (exact) mass is 356 g/mol. The summed E-state index contributed by atoms with van der Waals surface area (Å²) in [4.78, 5) is 38.3. The fourth-order valence-corrected chi connectivity index (χ4v) is 3.62. The van der Waals surface area contributed by atoms with Gasteiger partial charge in [-0.1, -0.05) is 18.2 Å². The van der Waals surface area contributed by atoms with E-state index < -0.39 is 0 Å². The SMILES string of the molecule is COc1ccc(C)cc1NC(=O)CCCN1C(=O)[C@H]2CC=CC[C@@H]2C1=O. The Labute approximate surface area is 153 Å². The first kappa shape index (κ1) is 18.2. The lowest BCUT2D eigenvalue weighted by atomic mass is 9.85. The minimum atomic E-state index is -0.210. The summed E-state index contributed by atoms with van der Waals surface area (Å²) in [5, 5.41) is 2.84. The minimum absolute atomic E-state index is 0.0925. The highest BCUT2D eigenvalue weighted by Crippen LogP contribution is 2.35. The van der Waals surface area contributed by atoms with Crippen molar-refractivity contribution >= 4 is 23.4 Å². The number of imide groups is 1. The summed E-state index contributed by atoms with van der Waals surface area (Å²) < 4.78 is 5.25. The van der Waals surface area contributed by atoms with Crippen LogP contribution in [0, 0.1) is 18.8 Å². The number of hydrogen-bond acceptors (Lipinski definition) is 4. The van der Waals surface area contributed by atoms with Gasteiger partial charge in [-0.05, 0) is 43.9 Å². The van der Waals surface area contributed by atoms with Crippen molar-refractivity contribution in [1.29, 1.82) is 0 Å². The number of fused-ring (bicyclic) bond motifs is 1. The van der Waals surface area contributed by atoms with E-state index in [0.29, 0.717) is 37.2 Å². The molecule has 2 aliphatic rings. The number of amides is 3. The number of aryl methyl sites for hydroxylation is 1. The molecule has 2 atom stereocenters. The van der Waals surface area contributed by atoms with Crippen LogP contribution < -0.4 is 10.1 Å². The van der Waals surface area contributed by atoms with Crippen molar-refractivity contribution in [2.75, 3.05) is 19.0 Å². The summed E-state index contributed by atoms with van der Waals surface area (Å²) in [6.07, 6.45) is 5.90. The average molecular weight is 356 g/mol. The molecular formula is C20H24N2O4. The van der Waals surface area contributed by atoms with Gasteiger partial charge in [-0.2, -0.15) is 0 Å². The van der Waals surface area contributed by atoms with Gasteiger partial charge in [0.15, 0.2) is 0 Å². The largest absolute Gasteiger partial charge is 0.495 e. The Bertz CT molecular complexity index is 730. The molecule has 1 aromatic rings. The number of benzene rings is 1. The second kappa shape index (κ2) is 7.72. The van der Waals surface area contributed by atoms with Gasteiger partial charge in [0.05, 0.1) is 24.6 Å². The van der Waals surface area contributed by atoms with Gasteiger partial charge in [-0.25, -0.2) is 0 Å². The first-order valence-corrected chi connectivity index (χ1v) is 8.96. The Hall–Kier alpha value is -2.63. The molecule has 6 nitrogen and oxygen atoms in total. The Morgan fingerprint density at radius 1 is 1.19 bits per heavy atom. The predicted molar refractivity (Wildman–Crippen MR) is 97.7 cm³/mol. The third kappa shape index (κ3) is 3.64. The second-order valence-electron chi connectivity index (χ2n) is 6.84. The maximum Gasteiger partial charge on any atom is 0.233 e.